The smallest absolute Gasteiger partial charge is 0.273 e. The lowest BCUT2D eigenvalue weighted by molar-refractivity contribution is 0.0934. The quantitative estimate of drug-likeness (QED) is 0.764. The Morgan fingerprint density at radius 2 is 1.96 bits per heavy atom. The van der Waals surface area contributed by atoms with Crippen LogP contribution in [-0.4, -0.2) is 28.0 Å². The van der Waals surface area contributed by atoms with Crippen LogP contribution in [0.5, 0.6) is 5.75 Å². The largest absolute Gasteiger partial charge is 0.497 e. The number of nitrogens with zero attached hydrogens (tertiary/aromatic N) is 3. The van der Waals surface area contributed by atoms with Gasteiger partial charge < -0.3 is 10.1 Å². The van der Waals surface area contributed by atoms with E-state index in [0.29, 0.717) is 11.3 Å². The summed E-state index contributed by atoms with van der Waals surface area (Å²) in [7, 11) is 1.60. The fourth-order valence-corrected chi connectivity index (χ4v) is 2.51. The molecule has 0 spiro atoms. The molecule has 0 aliphatic heterocycles. The molecule has 0 bridgehead atoms. The molecule has 3 aromatic rings. The first-order chi connectivity index (χ1) is 12.5. The number of methoxy groups -OCH3 is 1. The minimum absolute atomic E-state index is 0.187. The van der Waals surface area contributed by atoms with Crippen LogP contribution in [0, 0.1) is 12.7 Å². The second-order valence-electron chi connectivity index (χ2n) is 5.95. The number of rotatable bonds is 5. The number of carbonyl (C=O) groups excluding carboxylic acids is 1. The summed E-state index contributed by atoms with van der Waals surface area (Å²) < 4.78 is 20.0. The van der Waals surface area contributed by atoms with Crippen LogP contribution in [0.4, 0.5) is 4.39 Å². The van der Waals surface area contributed by atoms with Gasteiger partial charge in [0.15, 0.2) is 5.69 Å². The predicted octanol–water partition coefficient (Wildman–Crippen LogP) is 3.21. The van der Waals surface area contributed by atoms with Crippen molar-refractivity contribution in [2.75, 3.05) is 7.11 Å². The highest BCUT2D eigenvalue weighted by Gasteiger charge is 2.15. The van der Waals surface area contributed by atoms with Crippen LogP contribution >= 0.6 is 0 Å². The first-order valence-corrected chi connectivity index (χ1v) is 8.11. The van der Waals surface area contributed by atoms with Crippen LogP contribution in [-0.2, 0) is 0 Å². The Hall–Kier alpha value is -3.22. The Morgan fingerprint density at radius 3 is 2.62 bits per heavy atom. The Labute approximate surface area is 150 Å². The van der Waals surface area contributed by atoms with Gasteiger partial charge in [-0.15, -0.1) is 5.10 Å². The van der Waals surface area contributed by atoms with E-state index < -0.39 is 0 Å². The van der Waals surface area contributed by atoms with Gasteiger partial charge in [0.05, 0.1) is 25.0 Å². The number of aryl methyl sites for hydroxylation is 1. The molecule has 0 aliphatic carbocycles. The molecule has 0 saturated carbocycles. The topological polar surface area (TPSA) is 69.0 Å². The van der Waals surface area contributed by atoms with Crippen molar-refractivity contribution in [1.82, 2.24) is 20.3 Å². The maximum absolute atomic E-state index is 13.4. The Balaban J connectivity index is 1.71. The zero-order chi connectivity index (χ0) is 18.7. The van der Waals surface area contributed by atoms with Crippen LogP contribution in [0.3, 0.4) is 0 Å². The van der Waals surface area contributed by atoms with Crippen molar-refractivity contribution in [2.45, 2.75) is 19.9 Å². The van der Waals surface area contributed by atoms with Crippen LogP contribution < -0.4 is 10.1 Å². The molecule has 7 heteroatoms. The van der Waals surface area contributed by atoms with Crippen molar-refractivity contribution in [3.8, 4) is 11.4 Å². The summed E-state index contributed by atoms with van der Waals surface area (Å²) in [4.78, 5) is 12.4. The van der Waals surface area contributed by atoms with E-state index >= 15 is 0 Å². The van der Waals surface area contributed by atoms with Crippen LogP contribution in [0.1, 0.15) is 34.6 Å². The van der Waals surface area contributed by atoms with Gasteiger partial charge in [0.1, 0.15) is 11.6 Å². The standard InChI is InChI=1S/C19H19FN4O2/c1-12-10-15(6-9-17(12)20)24-11-18(22-23-24)19(25)21-13(2)14-4-7-16(26-3)8-5-14/h4-11,13H,1-3H3,(H,21,25)/t13-/m0/s1. The lowest BCUT2D eigenvalue weighted by atomic mass is 10.1. The van der Waals surface area contributed by atoms with E-state index in [1.54, 1.807) is 26.2 Å². The Morgan fingerprint density at radius 1 is 1.23 bits per heavy atom. The van der Waals surface area contributed by atoms with Gasteiger partial charge in [-0.2, -0.15) is 0 Å². The summed E-state index contributed by atoms with van der Waals surface area (Å²) in [5, 5.41) is 10.7. The number of nitrogens with one attached hydrogen (secondary N) is 1. The molecule has 0 unspecified atom stereocenters. The second kappa shape index (κ2) is 7.35. The Bertz CT molecular complexity index is 922. The van der Waals surface area contributed by atoms with Crippen LogP contribution in [0.25, 0.3) is 5.69 Å². The average Bonchev–Trinajstić information content (AvgIpc) is 3.14. The molecular weight excluding hydrogens is 335 g/mol. The predicted molar refractivity (Wildman–Crippen MR) is 94.9 cm³/mol. The maximum Gasteiger partial charge on any atom is 0.273 e. The molecule has 26 heavy (non-hydrogen) atoms. The zero-order valence-corrected chi connectivity index (χ0v) is 14.7. The summed E-state index contributed by atoms with van der Waals surface area (Å²) in [5.41, 5.74) is 2.27. The van der Waals surface area contributed by atoms with Gasteiger partial charge in [-0.25, -0.2) is 9.07 Å². The van der Waals surface area contributed by atoms with Gasteiger partial charge in [0, 0.05) is 0 Å². The molecule has 1 N–H and O–H groups in total. The summed E-state index contributed by atoms with van der Waals surface area (Å²) in [6, 6.07) is 11.8. The highest BCUT2D eigenvalue weighted by molar-refractivity contribution is 5.92. The summed E-state index contributed by atoms with van der Waals surface area (Å²) in [6.07, 6.45) is 1.52. The Kier molecular flexibility index (Phi) is 4.97. The highest BCUT2D eigenvalue weighted by Crippen LogP contribution is 2.18. The molecule has 0 fully saturated rings. The van der Waals surface area contributed by atoms with Gasteiger partial charge in [-0.3, -0.25) is 4.79 Å². The minimum Gasteiger partial charge on any atom is -0.497 e. The van der Waals surface area contributed by atoms with E-state index in [1.807, 2.05) is 31.2 Å². The van der Waals surface area contributed by atoms with Crippen molar-refractivity contribution in [2.24, 2.45) is 0 Å². The molecule has 3 rings (SSSR count). The molecule has 1 heterocycles. The van der Waals surface area contributed by atoms with Gasteiger partial charge in [0.25, 0.3) is 5.91 Å². The molecule has 2 aromatic carbocycles. The molecule has 0 aliphatic rings. The molecule has 6 nitrogen and oxygen atoms in total. The lowest BCUT2D eigenvalue weighted by Gasteiger charge is -2.13. The normalized spacial score (nSPS) is 11.8. The van der Waals surface area contributed by atoms with Crippen molar-refractivity contribution in [3.63, 3.8) is 0 Å². The van der Waals surface area contributed by atoms with Crippen molar-refractivity contribution in [3.05, 3.63) is 71.3 Å². The van der Waals surface area contributed by atoms with Gasteiger partial charge in [-0.1, -0.05) is 17.3 Å². The molecule has 0 radical (unpaired) electrons. The number of amides is 1. The second-order valence-corrected chi connectivity index (χ2v) is 5.95. The lowest BCUT2D eigenvalue weighted by Crippen LogP contribution is -2.26. The number of benzene rings is 2. The fraction of sp³-hybridized carbons (Fsp3) is 0.211. The molecule has 134 valence electrons. The number of hydrogen-bond donors (Lipinski definition) is 1. The minimum atomic E-state index is -0.335. The van der Waals surface area contributed by atoms with Crippen LogP contribution in [0.2, 0.25) is 0 Å². The zero-order valence-electron chi connectivity index (χ0n) is 14.7. The number of ether oxygens (including phenoxy) is 1. The van der Waals surface area contributed by atoms with E-state index in [0.717, 1.165) is 11.3 Å². The average molecular weight is 354 g/mol. The summed E-state index contributed by atoms with van der Waals surface area (Å²) in [6.45, 7) is 3.55. The monoisotopic (exact) mass is 354 g/mol. The molecule has 1 amide bonds. The first kappa shape index (κ1) is 17.6. The van der Waals surface area contributed by atoms with E-state index in [4.69, 9.17) is 4.74 Å². The first-order valence-electron chi connectivity index (χ1n) is 8.11. The highest BCUT2D eigenvalue weighted by atomic mass is 19.1. The molecule has 0 saturated heterocycles. The van der Waals surface area contributed by atoms with Gasteiger partial charge in [-0.05, 0) is 55.3 Å². The van der Waals surface area contributed by atoms with Crippen molar-refractivity contribution >= 4 is 5.91 Å². The third-order valence-corrected chi connectivity index (χ3v) is 4.10. The van der Waals surface area contributed by atoms with E-state index in [-0.39, 0.29) is 23.5 Å². The van der Waals surface area contributed by atoms with Crippen LogP contribution in [0.15, 0.2) is 48.7 Å². The summed E-state index contributed by atoms with van der Waals surface area (Å²) in [5.74, 6) is 0.128. The molecule has 1 atom stereocenters. The number of halogens is 1. The SMILES string of the molecule is COc1ccc([C@H](C)NC(=O)c2cn(-c3ccc(F)c(C)c3)nn2)cc1. The van der Waals surface area contributed by atoms with E-state index in [1.165, 1.54) is 16.9 Å². The van der Waals surface area contributed by atoms with Gasteiger partial charge >= 0.3 is 0 Å². The summed E-state index contributed by atoms with van der Waals surface area (Å²) >= 11 is 0. The fourth-order valence-electron chi connectivity index (χ4n) is 2.51. The number of hydrogen-bond acceptors (Lipinski definition) is 4. The van der Waals surface area contributed by atoms with Gasteiger partial charge in [0.2, 0.25) is 0 Å². The van der Waals surface area contributed by atoms with Crippen molar-refractivity contribution in [1.29, 1.82) is 0 Å². The maximum atomic E-state index is 13.4. The molecular formula is C19H19FN4O2. The van der Waals surface area contributed by atoms with E-state index in [9.17, 15) is 9.18 Å². The van der Waals surface area contributed by atoms with Crippen molar-refractivity contribution < 1.29 is 13.9 Å². The molecule has 1 aromatic heterocycles. The third-order valence-electron chi connectivity index (χ3n) is 4.10. The van der Waals surface area contributed by atoms with E-state index in [2.05, 4.69) is 15.6 Å². The number of aromatic nitrogens is 3. The number of carbonyl (C=O) groups is 1. The third kappa shape index (κ3) is 3.72.